The zero-order valence-corrected chi connectivity index (χ0v) is 18.6. The van der Waals surface area contributed by atoms with E-state index in [1.807, 2.05) is 23.6 Å². The Balaban J connectivity index is 1.32. The van der Waals surface area contributed by atoms with Crippen molar-refractivity contribution < 1.29 is 18.7 Å². The summed E-state index contributed by atoms with van der Waals surface area (Å²) in [4.78, 5) is 15.1. The topological polar surface area (TPSA) is 94.7 Å². The summed E-state index contributed by atoms with van der Waals surface area (Å²) in [6, 6.07) is 9.17. The van der Waals surface area contributed by atoms with Gasteiger partial charge in [0.2, 0.25) is 18.6 Å². The SMILES string of the molecule is C[C@@H](Sc1nnc(N2CCCCC2)n1Cc1ccco1)C(=O)Nc1ccc2c(c1)OCO2. The normalized spacial score (nSPS) is 16.2. The standard InChI is InChI=1S/C22H25N5O4S/c1-15(20(28)23-16-7-8-18-19(12-16)31-14-30-18)32-22-25-24-21(26-9-3-2-4-10-26)27(22)13-17-6-5-11-29-17/h5-8,11-12,15H,2-4,9-10,13-14H2,1H3,(H,23,28)/t15-/m1/s1. The molecule has 1 amide bonds. The number of fused-ring (bicyclic) bond motifs is 1. The molecule has 0 unspecified atom stereocenters. The van der Waals surface area contributed by atoms with Crippen LogP contribution in [-0.2, 0) is 11.3 Å². The highest BCUT2D eigenvalue weighted by Crippen LogP contribution is 2.35. The Morgan fingerprint density at radius 3 is 2.81 bits per heavy atom. The molecule has 2 aromatic heterocycles. The highest BCUT2D eigenvalue weighted by atomic mass is 32.2. The van der Waals surface area contributed by atoms with Gasteiger partial charge in [-0.1, -0.05) is 11.8 Å². The summed E-state index contributed by atoms with van der Waals surface area (Å²) < 4.78 is 18.3. The Kier molecular flexibility index (Phi) is 5.93. The minimum atomic E-state index is -0.380. The number of carbonyl (C=O) groups is 1. The van der Waals surface area contributed by atoms with Crippen molar-refractivity contribution in [3.63, 3.8) is 0 Å². The summed E-state index contributed by atoms with van der Waals surface area (Å²) >= 11 is 1.38. The minimum Gasteiger partial charge on any atom is -0.467 e. The number of thioether (sulfide) groups is 1. The van der Waals surface area contributed by atoms with Crippen LogP contribution in [0, 0.1) is 0 Å². The number of carbonyl (C=O) groups excluding carboxylic acids is 1. The van der Waals surface area contributed by atoms with E-state index < -0.39 is 0 Å². The molecule has 1 atom stereocenters. The van der Waals surface area contributed by atoms with Crippen LogP contribution >= 0.6 is 11.8 Å². The van der Waals surface area contributed by atoms with Crippen molar-refractivity contribution in [2.45, 2.75) is 43.1 Å². The third-order valence-corrected chi connectivity index (χ3v) is 6.60. The second kappa shape index (κ2) is 9.15. The monoisotopic (exact) mass is 455 g/mol. The van der Waals surface area contributed by atoms with Crippen LogP contribution in [0.3, 0.4) is 0 Å². The maximum absolute atomic E-state index is 12.9. The number of ether oxygens (including phenoxy) is 2. The number of nitrogens with zero attached hydrogens (tertiary/aromatic N) is 4. The molecule has 1 saturated heterocycles. The van der Waals surface area contributed by atoms with Gasteiger partial charge in [-0.25, -0.2) is 0 Å². The number of benzene rings is 1. The average Bonchev–Trinajstić information content (AvgIpc) is 3.56. The number of rotatable bonds is 7. The van der Waals surface area contributed by atoms with Crippen LogP contribution in [0.2, 0.25) is 0 Å². The molecule has 2 aliphatic heterocycles. The van der Waals surface area contributed by atoms with Crippen molar-refractivity contribution in [3.05, 3.63) is 42.4 Å². The third-order valence-electron chi connectivity index (χ3n) is 5.52. The Bertz CT molecular complexity index is 1080. The van der Waals surface area contributed by atoms with E-state index in [9.17, 15) is 4.79 Å². The summed E-state index contributed by atoms with van der Waals surface area (Å²) in [6.45, 7) is 4.50. The number of piperidine rings is 1. The first-order chi connectivity index (χ1) is 15.7. The zero-order chi connectivity index (χ0) is 21.9. The summed E-state index contributed by atoms with van der Waals surface area (Å²) in [5.74, 6) is 2.84. The summed E-state index contributed by atoms with van der Waals surface area (Å²) in [6.07, 6.45) is 5.19. The number of anilines is 2. The van der Waals surface area contributed by atoms with Gasteiger partial charge in [0.05, 0.1) is 18.1 Å². The molecule has 3 aromatic rings. The number of hydrogen-bond donors (Lipinski definition) is 1. The van der Waals surface area contributed by atoms with Gasteiger partial charge < -0.3 is 24.1 Å². The van der Waals surface area contributed by atoms with E-state index in [2.05, 4.69) is 20.4 Å². The molecule has 4 heterocycles. The maximum atomic E-state index is 12.9. The summed E-state index contributed by atoms with van der Waals surface area (Å²) in [5.41, 5.74) is 0.665. The lowest BCUT2D eigenvalue weighted by molar-refractivity contribution is -0.115. The lowest BCUT2D eigenvalue weighted by Crippen LogP contribution is -2.32. The van der Waals surface area contributed by atoms with Crippen LogP contribution in [0.5, 0.6) is 11.5 Å². The van der Waals surface area contributed by atoms with Crippen molar-refractivity contribution in [2.75, 3.05) is 30.1 Å². The van der Waals surface area contributed by atoms with E-state index >= 15 is 0 Å². The number of furan rings is 1. The molecule has 0 aliphatic carbocycles. The fourth-order valence-electron chi connectivity index (χ4n) is 3.82. The summed E-state index contributed by atoms with van der Waals surface area (Å²) in [7, 11) is 0. The van der Waals surface area contributed by atoms with Gasteiger partial charge in [0.15, 0.2) is 16.7 Å². The number of hydrogen-bond acceptors (Lipinski definition) is 8. The van der Waals surface area contributed by atoms with Crippen LogP contribution < -0.4 is 19.7 Å². The van der Waals surface area contributed by atoms with Gasteiger partial charge >= 0.3 is 0 Å². The van der Waals surface area contributed by atoms with Crippen LogP contribution in [0.4, 0.5) is 11.6 Å². The van der Waals surface area contributed by atoms with Crippen LogP contribution in [0.25, 0.3) is 0 Å². The second-order valence-corrected chi connectivity index (χ2v) is 9.12. The predicted octanol–water partition coefficient (Wildman–Crippen LogP) is 3.76. The first-order valence-electron chi connectivity index (χ1n) is 10.7. The molecule has 32 heavy (non-hydrogen) atoms. The Hall–Kier alpha value is -3.14. The van der Waals surface area contributed by atoms with Crippen LogP contribution in [0.1, 0.15) is 31.9 Å². The Labute approximate surface area is 190 Å². The predicted molar refractivity (Wildman–Crippen MR) is 120 cm³/mol. The lowest BCUT2D eigenvalue weighted by Gasteiger charge is -2.27. The van der Waals surface area contributed by atoms with Gasteiger partial charge in [0.1, 0.15) is 5.76 Å². The van der Waals surface area contributed by atoms with Crippen molar-refractivity contribution in [3.8, 4) is 11.5 Å². The minimum absolute atomic E-state index is 0.124. The fourth-order valence-corrected chi connectivity index (χ4v) is 4.67. The molecule has 1 fully saturated rings. The summed E-state index contributed by atoms with van der Waals surface area (Å²) in [5, 5.41) is 12.1. The molecular formula is C22H25N5O4S. The van der Waals surface area contributed by atoms with E-state index in [-0.39, 0.29) is 18.0 Å². The first kappa shape index (κ1) is 20.7. The van der Waals surface area contributed by atoms with Crippen LogP contribution in [-0.4, -0.2) is 45.8 Å². The smallest absolute Gasteiger partial charge is 0.237 e. The van der Waals surface area contributed by atoms with Gasteiger partial charge in [-0.15, -0.1) is 10.2 Å². The molecule has 9 nitrogen and oxygen atoms in total. The van der Waals surface area contributed by atoms with Crippen LogP contribution in [0.15, 0.2) is 46.2 Å². The van der Waals surface area contributed by atoms with Gasteiger partial charge in [0, 0.05) is 24.8 Å². The van der Waals surface area contributed by atoms with Gasteiger partial charge in [-0.3, -0.25) is 9.36 Å². The molecule has 5 rings (SSSR count). The highest BCUT2D eigenvalue weighted by molar-refractivity contribution is 8.00. The van der Waals surface area contributed by atoms with Crippen molar-refractivity contribution >= 4 is 29.3 Å². The Morgan fingerprint density at radius 1 is 1.16 bits per heavy atom. The average molecular weight is 456 g/mol. The lowest BCUT2D eigenvalue weighted by atomic mass is 10.1. The van der Waals surface area contributed by atoms with Crippen molar-refractivity contribution in [1.29, 1.82) is 0 Å². The van der Waals surface area contributed by atoms with Gasteiger partial charge in [-0.05, 0) is 50.5 Å². The molecule has 0 bridgehead atoms. The van der Waals surface area contributed by atoms with Gasteiger partial charge in [-0.2, -0.15) is 0 Å². The second-order valence-electron chi connectivity index (χ2n) is 7.81. The quantitative estimate of drug-likeness (QED) is 0.538. The third kappa shape index (κ3) is 4.40. The van der Waals surface area contributed by atoms with Crippen molar-refractivity contribution in [2.24, 2.45) is 0 Å². The van der Waals surface area contributed by atoms with Gasteiger partial charge in [0.25, 0.3) is 0 Å². The molecule has 0 saturated carbocycles. The molecule has 0 spiro atoms. The van der Waals surface area contributed by atoms with E-state index in [1.165, 1.54) is 18.2 Å². The molecule has 1 aromatic carbocycles. The number of amides is 1. The Morgan fingerprint density at radius 2 is 2.00 bits per heavy atom. The van der Waals surface area contributed by atoms with E-state index in [0.29, 0.717) is 28.9 Å². The zero-order valence-electron chi connectivity index (χ0n) is 17.8. The molecule has 10 heteroatoms. The maximum Gasteiger partial charge on any atom is 0.237 e. The molecular weight excluding hydrogens is 430 g/mol. The van der Waals surface area contributed by atoms with Crippen molar-refractivity contribution in [1.82, 2.24) is 14.8 Å². The highest BCUT2D eigenvalue weighted by Gasteiger charge is 2.25. The number of nitrogens with one attached hydrogen (secondary N) is 1. The fraction of sp³-hybridized carbons (Fsp3) is 0.409. The number of aromatic nitrogens is 3. The molecule has 2 aliphatic rings. The van der Waals surface area contributed by atoms with E-state index in [1.54, 1.807) is 24.5 Å². The largest absolute Gasteiger partial charge is 0.467 e. The van der Waals surface area contributed by atoms with E-state index in [0.717, 1.165) is 37.6 Å². The first-order valence-corrected chi connectivity index (χ1v) is 11.6. The molecule has 1 N–H and O–H groups in total. The van der Waals surface area contributed by atoms with E-state index in [4.69, 9.17) is 13.9 Å². The molecule has 0 radical (unpaired) electrons. The molecule has 168 valence electrons.